The number of aliphatic hydroxyl groups is 1. The Balaban J connectivity index is 1.74. The maximum atomic E-state index is 10.5. The van der Waals surface area contributed by atoms with Gasteiger partial charge in [-0.1, -0.05) is 48.3 Å². The van der Waals surface area contributed by atoms with Gasteiger partial charge >= 0.3 is 0 Å². The van der Waals surface area contributed by atoms with Crippen LogP contribution in [0.5, 0.6) is 0 Å². The minimum atomic E-state index is -0.790. The standard InChI is InChI=1S/C19H24BrIO2S/c1-11-3-5-13(6-4-11)14-7-15-9-17(18(20)10-16(15)8-14)19(22)12(2)23-24-21/h9-11,13-14,19,22H,2-8H2,1H3. The molecule has 1 N–H and O–H groups in total. The van der Waals surface area contributed by atoms with E-state index in [4.69, 9.17) is 4.18 Å². The minimum Gasteiger partial charge on any atom is -0.417 e. The lowest BCUT2D eigenvalue weighted by atomic mass is 9.75. The summed E-state index contributed by atoms with van der Waals surface area (Å²) < 4.78 is 6.25. The Morgan fingerprint density at radius 1 is 1.25 bits per heavy atom. The summed E-state index contributed by atoms with van der Waals surface area (Å²) in [5, 5.41) is 10.5. The second kappa shape index (κ2) is 8.31. The second-order valence-electron chi connectivity index (χ2n) is 7.35. The lowest BCUT2D eigenvalue weighted by Gasteiger charge is -2.30. The van der Waals surface area contributed by atoms with Crippen LogP contribution in [-0.4, -0.2) is 5.11 Å². The van der Waals surface area contributed by atoms with E-state index in [1.165, 1.54) is 52.4 Å². The molecule has 1 saturated carbocycles. The van der Waals surface area contributed by atoms with Gasteiger partial charge in [-0.2, -0.15) is 0 Å². The number of benzene rings is 1. The highest BCUT2D eigenvalue weighted by molar-refractivity contribution is 14.2. The highest BCUT2D eigenvalue weighted by Gasteiger charge is 2.32. The molecule has 0 heterocycles. The van der Waals surface area contributed by atoms with E-state index < -0.39 is 6.10 Å². The van der Waals surface area contributed by atoms with Crippen LogP contribution >= 0.6 is 46.3 Å². The molecule has 2 aliphatic rings. The monoisotopic (exact) mass is 522 g/mol. The first-order chi connectivity index (χ1) is 11.5. The fraction of sp³-hybridized carbons (Fsp3) is 0.579. The second-order valence-corrected chi connectivity index (χ2v) is 9.57. The number of aliphatic hydroxyl groups excluding tert-OH is 1. The first-order valence-corrected chi connectivity index (χ1v) is 12.7. The Kier molecular flexibility index (Phi) is 6.60. The zero-order valence-corrected chi connectivity index (χ0v) is 18.5. The first-order valence-electron chi connectivity index (χ1n) is 8.63. The van der Waals surface area contributed by atoms with Gasteiger partial charge in [0.25, 0.3) is 0 Å². The van der Waals surface area contributed by atoms with Crippen LogP contribution in [0.1, 0.15) is 55.4 Å². The molecule has 3 rings (SSSR count). The average Bonchev–Trinajstić information content (AvgIpc) is 2.97. The molecular formula is C19H24BrIO2S. The molecule has 0 aliphatic heterocycles. The minimum absolute atomic E-state index is 0.380. The van der Waals surface area contributed by atoms with Crippen molar-refractivity contribution in [2.45, 2.75) is 51.6 Å². The van der Waals surface area contributed by atoms with Crippen molar-refractivity contribution in [2.24, 2.45) is 17.8 Å². The van der Waals surface area contributed by atoms with Crippen molar-refractivity contribution >= 4 is 46.3 Å². The van der Waals surface area contributed by atoms with Gasteiger partial charge in [0, 0.05) is 31.2 Å². The Morgan fingerprint density at radius 2 is 1.88 bits per heavy atom. The van der Waals surface area contributed by atoms with E-state index in [0.29, 0.717) is 5.76 Å². The summed E-state index contributed by atoms with van der Waals surface area (Å²) in [5.74, 6) is 2.93. The van der Waals surface area contributed by atoms with Crippen LogP contribution in [0.25, 0.3) is 0 Å². The van der Waals surface area contributed by atoms with Gasteiger partial charge in [0.1, 0.15) is 21.1 Å². The van der Waals surface area contributed by atoms with E-state index in [0.717, 1.165) is 34.2 Å². The molecule has 0 aromatic heterocycles. The molecule has 0 spiro atoms. The maximum Gasteiger partial charge on any atom is 0.141 e. The Bertz CT molecular complexity index is 614. The van der Waals surface area contributed by atoms with E-state index >= 15 is 0 Å². The molecule has 0 amide bonds. The number of halogens is 2. The van der Waals surface area contributed by atoms with Gasteiger partial charge in [0.05, 0.1) is 0 Å². The predicted molar refractivity (Wildman–Crippen MR) is 113 cm³/mol. The zero-order valence-electron chi connectivity index (χ0n) is 13.9. The first kappa shape index (κ1) is 19.1. The third-order valence-corrected chi connectivity index (χ3v) is 7.25. The number of hydrogen-bond donors (Lipinski definition) is 1. The fourth-order valence-corrected chi connectivity index (χ4v) is 5.73. The highest BCUT2D eigenvalue weighted by Crippen LogP contribution is 2.42. The van der Waals surface area contributed by atoms with Crippen molar-refractivity contribution in [2.75, 3.05) is 0 Å². The SMILES string of the molecule is C=C(OSI)C(O)c1cc2c(cc1Br)CC(C1CCC(C)CC1)C2. The van der Waals surface area contributed by atoms with Gasteiger partial charge in [-0.25, -0.2) is 0 Å². The van der Waals surface area contributed by atoms with Gasteiger partial charge < -0.3 is 9.29 Å². The lowest BCUT2D eigenvalue weighted by molar-refractivity contribution is 0.173. The van der Waals surface area contributed by atoms with Gasteiger partial charge in [-0.05, 0) is 60.6 Å². The summed E-state index contributed by atoms with van der Waals surface area (Å²) in [5.41, 5.74) is 3.70. The molecule has 5 heteroatoms. The van der Waals surface area contributed by atoms with Crippen molar-refractivity contribution < 1.29 is 9.29 Å². The third kappa shape index (κ3) is 4.15. The largest absolute Gasteiger partial charge is 0.417 e. The Morgan fingerprint density at radius 3 is 2.50 bits per heavy atom. The van der Waals surface area contributed by atoms with Crippen molar-refractivity contribution in [1.29, 1.82) is 0 Å². The van der Waals surface area contributed by atoms with Gasteiger partial charge in [0.2, 0.25) is 0 Å². The summed E-state index contributed by atoms with van der Waals surface area (Å²) in [7, 11) is 1.18. The van der Waals surface area contributed by atoms with Crippen LogP contribution in [0.4, 0.5) is 0 Å². The molecule has 24 heavy (non-hydrogen) atoms. The van der Waals surface area contributed by atoms with Crippen LogP contribution in [0.15, 0.2) is 28.9 Å². The summed E-state index contributed by atoms with van der Waals surface area (Å²) in [6, 6.07) is 4.35. The molecular weight excluding hydrogens is 499 g/mol. The molecule has 1 aromatic rings. The molecule has 0 saturated heterocycles. The molecule has 1 fully saturated rings. The third-order valence-electron chi connectivity index (χ3n) is 5.75. The van der Waals surface area contributed by atoms with Crippen LogP contribution in [-0.2, 0) is 17.0 Å². The lowest BCUT2D eigenvalue weighted by Crippen LogP contribution is -2.21. The van der Waals surface area contributed by atoms with Crippen LogP contribution in [0, 0.1) is 17.8 Å². The smallest absolute Gasteiger partial charge is 0.141 e. The summed E-state index contributed by atoms with van der Waals surface area (Å²) in [4.78, 5) is 0. The predicted octanol–water partition coefficient (Wildman–Crippen LogP) is 6.55. The van der Waals surface area contributed by atoms with Crippen LogP contribution in [0.3, 0.4) is 0 Å². The van der Waals surface area contributed by atoms with Crippen molar-refractivity contribution in [3.05, 3.63) is 45.6 Å². The van der Waals surface area contributed by atoms with Crippen molar-refractivity contribution in [3.63, 3.8) is 0 Å². The summed E-state index contributed by atoms with van der Waals surface area (Å²) in [6.07, 6.45) is 7.08. The Labute approximate surface area is 169 Å². The maximum absolute atomic E-state index is 10.5. The highest BCUT2D eigenvalue weighted by atomic mass is 127. The normalized spacial score (nSPS) is 27.6. The zero-order chi connectivity index (χ0) is 17.3. The van der Waals surface area contributed by atoms with Gasteiger partial charge in [-0.3, -0.25) is 0 Å². The molecule has 2 aliphatic carbocycles. The van der Waals surface area contributed by atoms with Crippen molar-refractivity contribution in [1.82, 2.24) is 0 Å². The average molecular weight is 523 g/mol. The molecule has 2 nitrogen and oxygen atoms in total. The molecule has 132 valence electrons. The summed E-state index contributed by atoms with van der Waals surface area (Å²) in [6.45, 7) is 6.21. The van der Waals surface area contributed by atoms with E-state index in [1.54, 1.807) is 0 Å². The van der Waals surface area contributed by atoms with E-state index in [2.05, 4.69) is 41.6 Å². The molecule has 0 radical (unpaired) electrons. The van der Waals surface area contributed by atoms with Crippen LogP contribution < -0.4 is 0 Å². The van der Waals surface area contributed by atoms with Gasteiger partial charge in [0.15, 0.2) is 0 Å². The number of fused-ring (bicyclic) bond motifs is 1. The quantitative estimate of drug-likeness (QED) is 0.270. The van der Waals surface area contributed by atoms with Gasteiger partial charge in [-0.15, -0.1) is 0 Å². The molecule has 2 atom stereocenters. The Hall–Kier alpha value is 0.280. The topological polar surface area (TPSA) is 29.5 Å². The van der Waals surface area contributed by atoms with Crippen LogP contribution in [0.2, 0.25) is 0 Å². The van der Waals surface area contributed by atoms with Crippen molar-refractivity contribution in [3.8, 4) is 0 Å². The number of hydrogen-bond acceptors (Lipinski definition) is 3. The summed E-state index contributed by atoms with van der Waals surface area (Å²) >= 11 is 5.66. The van der Waals surface area contributed by atoms with E-state index in [1.807, 2.05) is 21.2 Å². The number of rotatable bonds is 5. The van der Waals surface area contributed by atoms with E-state index in [-0.39, 0.29) is 0 Å². The molecule has 0 bridgehead atoms. The fourth-order valence-electron chi connectivity index (χ4n) is 4.26. The van der Waals surface area contributed by atoms with E-state index in [9.17, 15) is 5.11 Å². The molecule has 1 aromatic carbocycles. The molecule has 2 unspecified atom stereocenters.